The second-order valence-electron chi connectivity index (χ2n) is 0.322. The van der Waals surface area contributed by atoms with Crippen LogP contribution in [0, 0.1) is 0 Å². The van der Waals surface area contributed by atoms with Crippen LogP contribution >= 0.6 is 0 Å². The van der Waals surface area contributed by atoms with Crippen molar-refractivity contribution in [2.24, 2.45) is 0 Å². The normalized spacial score (nSPS) is 4.00. The Morgan fingerprint density at radius 1 is 1.80 bits per heavy atom. The Morgan fingerprint density at radius 2 is 2.00 bits per heavy atom. The van der Waals surface area contributed by atoms with Crippen LogP contribution < -0.4 is 0 Å². The maximum Gasteiger partial charge on any atom is 1.00 e. The van der Waals surface area contributed by atoms with Crippen LogP contribution in [0.3, 0.4) is 0 Å². The van der Waals surface area contributed by atoms with E-state index in [-0.39, 0.29) is 22.4 Å². The third-order valence-corrected chi connectivity index (χ3v) is 0.0833. The molecule has 0 N–H and O–H groups in total. The average Bonchev–Trinajstić information content (AvgIpc) is 1.37. The summed E-state index contributed by atoms with van der Waals surface area (Å²) < 4.78 is 0. The molecular weight excluding hydrogens is 249 g/mol. The van der Waals surface area contributed by atoms with Gasteiger partial charge in [0.2, 0.25) is 0 Å². The van der Waals surface area contributed by atoms with Gasteiger partial charge in [-0.15, -0.1) is 0 Å². The zero-order valence-electron chi connectivity index (χ0n) is 2.49. The Hall–Kier alpha value is 0.150. The summed E-state index contributed by atoms with van der Waals surface area (Å²) in [6.45, 7) is 3.06. The van der Waals surface area contributed by atoms with E-state index in [2.05, 4.69) is 6.58 Å². The minimum Gasteiger partial charge on any atom is -0.419 e. The van der Waals surface area contributed by atoms with E-state index in [1.807, 2.05) is 0 Å². The fourth-order valence-electron chi connectivity index (χ4n) is 0. The monoisotopic (exact) mass is 252 g/mol. The molecule has 0 bridgehead atoms. The summed E-state index contributed by atoms with van der Waals surface area (Å²) in [5, 5.41) is 0. The maximum absolute atomic E-state index is 8.93. The maximum atomic E-state index is 8.93. The predicted molar refractivity (Wildman–Crippen MR) is 15.9 cm³/mol. The average molecular weight is 252 g/mol. The molecule has 0 saturated carbocycles. The molecule has 0 aliphatic heterocycles. The Labute approximate surface area is 46.6 Å². The molecule has 0 aromatic rings. The molecule has 32 valence electrons. The van der Waals surface area contributed by atoms with Gasteiger partial charge in [-0.2, -0.15) is 0 Å². The molecule has 0 spiro atoms. The molecule has 0 aliphatic rings. The topological polar surface area (TPSA) is 17.1 Å². The van der Waals surface area contributed by atoms with Gasteiger partial charge < -0.3 is 4.79 Å². The molecule has 5 heavy (non-hydrogen) atoms. The van der Waals surface area contributed by atoms with Gasteiger partial charge >= 0.3 is 22.4 Å². The van der Waals surface area contributed by atoms with Crippen LogP contribution in [-0.4, -0.2) is 6.29 Å². The van der Waals surface area contributed by atoms with E-state index in [9.17, 15) is 0 Å². The molecule has 0 saturated heterocycles. The standard InChI is InChI=1S/C3H3O.Au/c1-2-3-4;/h2H,1H2;/q-1;+1. The first-order valence-corrected chi connectivity index (χ1v) is 0.901. The smallest absolute Gasteiger partial charge is 0.419 e. The summed E-state index contributed by atoms with van der Waals surface area (Å²) in [4.78, 5) is 8.93. The third-order valence-electron chi connectivity index (χ3n) is 0.0833. The molecule has 1 nitrogen and oxygen atoms in total. The van der Waals surface area contributed by atoms with E-state index in [1.54, 1.807) is 0 Å². The van der Waals surface area contributed by atoms with Crippen molar-refractivity contribution in [3.63, 3.8) is 0 Å². The van der Waals surface area contributed by atoms with Crippen molar-refractivity contribution in [2.45, 2.75) is 0 Å². The van der Waals surface area contributed by atoms with Gasteiger partial charge in [0.05, 0.1) is 0 Å². The van der Waals surface area contributed by atoms with E-state index < -0.39 is 0 Å². The van der Waals surface area contributed by atoms with Crippen molar-refractivity contribution in [3.8, 4) is 0 Å². The van der Waals surface area contributed by atoms with Crippen LogP contribution in [0.25, 0.3) is 0 Å². The summed E-state index contributed by atoms with van der Waals surface area (Å²) in [6.07, 6.45) is 2.51. The van der Waals surface area contributed by atoms with Gasteiger partial charge in [0.25, 0.3) is 0 Å². The molecular formula is C3H3AuO. The van der Waals surface area contributed by atoms with E-state index in [1.165, 1.54) is 6.29 Å². The largest absolute Gasteiger partial charge is 1.00 e. The fraction of sp³-hybridized carbons (Fsp3) is 0. The number of rotatable bonds is 1. The molecule has 0 fully saturated rings. The van der Waals surface area contributed by atoms with E-state index in [0.29, 0.717) is 0 Å². The summed E-state index contributed by atoms with van der Waals surface area (Å²) >= 11 is 0. The molecule has 0 aromatic carbocycles. The van der Waals surface area contributed by atoms with Gasteiger partial charge in [-0.05, 0) is 6.29 Å². The zero-order valence-corrected chi connectivity index (χ0v) is 4.66. The summed E-state index contributed by atoms with van der Waals surface area (Å²) in [7, 11) is 0. The molecule has 0 atom stereocenters. The molecule has 0 unspecified atom stereocenters. The van der Waals surface area contributed by atoms with Crippen molar-refractivity contribution in [2.75, 3.05) is 0 Å². The number of hydrogen-bond acceptors (Lipinski definition) is 1. The molecule has 0 rings (SSSR count). The predicted octanol–water partition coefficient (Wildman–Crippen LogP) is 0.280. The Balaban J connectivity index is 0. The fourth-order valence-corrected chi connectivity index (χ4v) is 0. The van der Waals surface area contributed by atoms with Gasteiger partial charge in [-0.25, -0.2) is 12.7 Å². The van der Waals surface area contributed by atoms with Crippen LogP contribution in [-0.2, 0) is 27.2 Å². The SMILES string of the molecule is C=C[C-]=O.[Au+]. The van der Waals surface area contributed by atoms with Crippen LogP contribution in [0.15, 0.2) is 12.7 Å². The number of allylic oxidation sites excluding steroid dienone is 1. The minimum atomic E-state index is 0. The van der Waals surface area contributed by atoms with Crippen molar-refractivity contribution >= 4 is 6.29 Å². The first kappa shape index (κ1) is 8.94. The molecule has 0 radical (unpaired) electrons. The van der Waals surface area contributed by atoms with Crippen LogP contribution in [0.2, 0.25) is 0 Å². The van der Waals surface area contributed by atoms with Crippen LogP contribution in [0.1, 0.15) is 0 Å². The summed E-state index contributed by atoms with van der Waals surface area (Å²) in [6, 6.07) is 0. The summed E-state index contributed by atoms with van der Waals surface area (Å²) in [5.74, 6) is 0. The van der Waals surface area contributed by atoms with Gasteiger partial charge in [0, 0.05) is 0 Å². The second kappa shape index (κ2) is 8.91. The zero-order chi connectivity index (χ0) is 3.41. The first-order valence-electron chi connectivity index (χ1n) is 0.901. The minimum absolute atomic E-state index is 0. The quantitative estimate of drug-likeness (QED) is 0.372. The van der Waals surface area contributed by atoms with E-state index in [4.69, 9.17) is 4.79 Å². The number of hydrogen-bond donors (Lipinski definition) is 0. The van der Waals surface area contributed by atoms with Crippen molar-refractivity contribution in [3.05, 3.63) is 12.7 Å². The first-order chi connectivity index (χ1) is 1.91. The summed E-state index contributed by atoms with van der Waals surface area (Å²) in [5.41, 5.74) is 0. The van der Waals surface area contributed by atoms with E-state index in [0.717, 1.165) is 6.08 Å². The van der Waals surface area contributed by atoms with Crippen molar-refractivity contribution in [1.29, 1.82) is 0 Å². The van der Waals surface area contributed by atoms with Crippen molar-refractivity contribution < 1.29 is 27.2 Å². The molecule has 0 amide bonds. The molecule has 0 heterocycles. The molecule has 0 aliphatic carbocycles. The second-order valence-corrected chi connectivity index (χ2v) is 0.322. The molecule has 0 aromatic heterocycles. The third kappa shape index (κ3) is 14.5. The van der Waals surface area contributed by atoms with Gasteiger partial charge in [0.15, 0.2) is 0 Å². The van der Waals surface area contributed by atoms with Crippen LogP contribution in [0.5, 0.6) is 0 Å². The van der Waals surface area contributed by atoms with Gasteiger partial charge in [0.1, 0.15) is 0 Å². The van der Waals surface area contributed by atoms with Gasteiger partial charge in [-0.3, -0.25) is 0 Å². The van der Waals surface area contributed by atoms with E-state index >= 15 is 0 Å². The Bertz CT molecular complexity index is 27.9. The van der Waals surface area contributed by atoms with Crippen LogP contribution in [0.4, 0.5) is 0 Å². The van der Waals surface area contributed by atoms with Crippen molar-refractivity contribution in [1.82, 2.24) is 0 Å². The Morgan fingerprint density at radius 3 is 2.00 bits per heavy atom. The molecule has 2 heteroatoms. The Kier molecular flexibility index (Phi) is 15.9. The van der Waals surface area contributed by atoms with Gasteiger partial charge in [-0.1, -0.05) is 0 Å². The number of carbonyl (C=O) groups excluding carboxylic acids is 1.